The van der Waals surface area contributed by atoms with E-state index in [1.54, 1.807) is 0 Å². The quantitative estimate of drug-likeness (QED) is 0.0789. The minimum absolute atomic E-state index is 0.0133. The number of hydrogen-bond acceptors (Lipinski definition) is 1. The average molecular weight is 686 g/mol. The third kappa shape index (κ3) is 8.25. The van der Waals surface area contributed by atoms with E-state index in [0.717, 1.165) is 11.2 Å². The van der Waals surface area contributed by atoms with Crippen LogP contribution in [0.3, 0.4) is 0 Å². The van der Waals surface area contributed by atoms with E-state index in [1.165, 1.54) is 145 Å². The molecule has 268 valence electrons. The van der Waals surface area contributed by atoms with E-state index in [-0.39, 0.29) is 5.41 Å². The maximum atomic E-state index is 5.39. The highest BCUT2D eigenvalue weighted by Crippen LogP contribution is 2.54. The van der Waals surface area contributed by atoms with Crippen LogP contribution < -0.4 is 0 Å². The van der Waals surface area contributed by atoms with Crippen molar-refractivity contribution < 1.29 is 0 Å². The van der Waals surface area contributed by atoms with Crippen molar-refractivity contribution in [1.29, 1.82) is 0 Å². The summed E-state index contributed by atoms with van der Waals surface area (Å²) in [5.41, 5.74) is 13.8. The smallest absolute Gasteiger partial charge is 0.0716 e. The second-order valence-corrected chi connectivity index (χ2v) is 14.9. The van der Waals surface area contributed by atoms with E-state index in [2.05, 4.69) is 149 Å². The monoisotopic (exact) mass is 685 g/mol. The molecule has 0 bridgehead atoms. The largest absolute Gasteiger partial charge is 0.248 e. The van der Waals surface area contributed by atoms with Crippen molar-refractivity contribution >= 4 is 16.5 Å². The molecule has 0 saturated carbocycles. The first-order valence-electron chi connectivity index (χ1n) is 20.3. The van der Waals surface area contributed by atoms with Gasteiger partial charge < -0.3 is 0 Å². The molecule has 52 heavy (non-hydrogen) atoms. The van der Waals surface area contributed by atoms with Gasteiger partial charge >= 0.3 is 0 Å². The lowest BCUT2D eigenvalue weighted by molar-refractivity contribution is 0.395. The van der Waals surface area contributed by atoms with Gasteiger partial charge in [0.15, 0.2) is 0 Å². The number of allylic oxidation sites excluding steroid dienone is 5. The molecular formula is C51H59N. The second-order valence-electron chi connectivity index (χ2n) is 14.9. The van der Waals surface area contributed by atoms with E-state index in [1.807, 2.05) is 0 Å². The Labute approximate surface area is 314 Å². The van der Waals surface area contributed by atoms with E-state index >= 15 is 0 Å². The average Bonchev–Trinajstić information content (AvgIpc) is 3.45. The topological polar surface area (TPSA) is 12.9 Å². The molecule has 6 rings (SSSR count). The summed E-state index contributed by atoms with van der Waals surface area (Å²) in [6.07, 6.45) is 24.9. The summed E-state index contributed by atoms with van der Waals surface area (Å²) in [4.78, 5) is 5.39. The highest BCUT2D eigenvalue weighted by Gasteiger charge is 2.42. The lowest BCUT2D eigenvalue weighted by Gasteiger charge is -2.34. The molecule has 0 unspecified atom stereocenters. The fraction of sp³-hybridized carbons (Fsp3) is 0.353. The summed E-state index contributed by atoms with van der Waals surface area (Å²) in [5.74, 6) is 0. The molecule has 1 heteroatoms. The van der Waals surface area contributed by atoms with Gasteiger partial charge in [-0.2, -0.15) is 0 Å². The Kier molecular flexibility index (Phi) is 13.1. The molecule has 1 aliphatic carbocycles. The number of fused-ring (bicyclic) bond motifs is 2. The molecule has 1 aromatic heterocycles. The van der Waals surface area contributed by atoms with Crippen LogP contribution in [0.5, 0.6) is 0 Å². The highest BCUT2D eigenvalue weighted by atomic mass is 14.7. The summed E-state index contributed by atoms with van der Waals surface area (Å²) < 4.78 is 0. The number of unbranched alkanes of at least 4 members (excludes halogenated alkanes) is 10. The SMILES string of the molecule is C=CC1=C(/C=C\C)C(CCCCCCCC)(CCCCCCCC)c2cc(-c3cc(-c4ccccc4)c4cc(-c5ccccc5)ccc4n3)ccc21. The van der Waals surface area contributed by atoms with Crippen LogP contribution in [0.2, 0.25) is 0 Å². The van der Waals surface area contributed by atoms with Crippen molar-refractivity contribution in [3.8, 4) is 33.5 Å². The number of aromatic nitrogens is 1. The van der Waals surface area contributed by atoms with Gasteiger partial charge in [0.05, 0.1) is 11.2 Å². The second kappa shape index (κ2) is 18.3. The van der Waals surface area contributed by atoms with Crippen LogP contribution in [0.4, 0.5) is 0 Å². The molecule has 5 aromatic rings. The molecule has 0 aliphatic heterocycles. The Bertz CT molecular complexity index is 1960. The zero-order valence-electron chi connectivity index (χ0n) is 32.1. The van der Waals surface area contributed by atoms with E-state index in [0.29, 0.717) is 0 Å². The summed E-state index contributed by atoms with van der Waals surface area (Å²) >= 11 is 0. The number of nitrogens with zero attached hydrogens (tertiary/aromatic N) is 1. The Balaban J connectivity index is 1.45. The fourth-order valence-electron chi connectivity index (χ4n) is 8.64. The molecule has 0 spiro atoms. The normalized spacial score (nSPS) is 13.7. The first-order valence-corrected chi connectivity index (χ1v) is 20.3. The van der Waals surface area contributed by atoms with Crippen LogP contribution in [-0.2, 0) is 5.41 Å². The Morgan fingerprint density at radius 2 is 1.17 bits per heavy atom. The van der Waals surface area contributed by atoms with Gasteiger partial charge in [0.2, 0.25) is 0 Å². The third-order valence-corrected chi connectivity index (χ3v) is 11.4. The molecule has 0 saturated heterocycles. The number of rotatable bonds is 19. The van der Waals surface area contributed by atoms with Gasteiger partial charge in [-0.3, -0.25) is 0 Å². The Morgan fingerprint density at radius 3 is 1.79 bits per heavy atom. The predicted octanol–water partition coefficient (Wildman–Crippen LogP) is 15.5. The van der Waals surface area contributed by atoms with Gasteiger partial charge in [0.1, 0.15) is 0 Å². The third-order valence-electron chi connectivity index (χ3n) is 11.4. The van der Waals surface area contributed by atoms with Gasteiger partial charge in [-0.1, -0.05) is 195 Å². The predicted molar refractivity (Wildman–Crippen MR) is 228 cm³/mol. The maximum Gasteiger partial charge on any atom is 0.0716 e. The highest BCUT2D eigenvalue weighted by molar-refractivity contribution is 5.99. The van der Waals surface area contributed by atoms with Gasteiger partial charge in [0, 0.05) is 16.4 Å². The maximum absolute atomic E-state index is 5.39. The lowest BCUT2D eigenvalue weighted by atomic mass is 9.69. The summed E-state index contributed by atoms with van der Waals surface area (Å²) in [6.45, 7) is 11.2. The van der Waals surface area contributed by atoms with Crippen molar-refractivity contribution in [2.75, 3.05) is 0 Å². The Morgan fingerprint density at radius 1 is 0.577 bits per heavy atom. The molecule has 4 aromatic carbocycles. The van der Waals surface area contributed by atoms with Crippen molar-refractivity contribution in [2.24, 2.45) is 0 Å². The van der Waals surface area contributed by atoms with Gasteiger partial charge in [0.25, 0.3) is 0 Å². The molecule has 1 heterocycles. The summed E-state index contributed by atoms with van der Waals surface area (Å²) in [7, 11) is 0. The molecule has 0 atom stereocenters. The van der Waals surface area contributed by atoms with Crippen LogP contribution in [0.1, 0.15) is 122 Å². The van der Waals surface area contributed by atoms with E-state index in [9.17, 15) is 0 Å². The molecule has 1 aliphatic rings. The van der Waals surface area contributed by atoms with Crippen LogP contribution in [0.25, 0.3) is 50.0 Å². The van der Waals surface area contributed by atoms with Crippen LogP contribution in [0.15, 0.2) is 134 Å². The van der Waals surface area contributed by atoms with Crippen LogP contribution >= 0.6 is 0 Å². The van der Waals surface area contributed by atoms with Gasteiger partial charge in [-0.25, -0.2) is 4.98 Å². The number of pyridine rings is 1. The first-order chi connectivity index (χ1) is 25.6. The number of benzene rings is 4. The molecular weight excluding hydrogens is 627 g/mol. The summed E-state index contributed by atoms with van der Waals surface area (Å²) in [6, 6.07) is 37.8. The van der Waals surface area contributed by atoms with E-state index in [4.69, 9.17) is 4.98 Å². The molecule has 0 radical (unpaired) electrons. The minimum atomic E-state index is -0.0133. The fourth-order valence-corrected chi connectivity index (χ4v) is 8.64. The Hall–Kier alpha value is -4.49. The molecule has 1 nitrogen and oxygen atoms in total. The lowest BCUT2D eigenvalue weighted by Crippen LogP contribution is -2.26. The number of hydrogen-bond donors (Lipinski definition) is 0. The van der Waals surface area contributed by atoms with Gasteiger partial charge in [-0.05, 0) is 88.6 Å². The van der Waals surface area contributed by atoms with Crippen LogP contribution in [-0.4, -0.2) is 4.98 Å². The molecule has 0 amide bonds. The van der Waals surface area contributed by atoms with Crippen molar-refractivity contribution in [1.82, 2.24) is 4.98 Å². The van der Waals surface area contributed by atoms with Crippen molar-refractivity contribution in [3.63, 3.8) is 0 Å². The van der Waals surface area contributed by atoms with Crippen LogP contribution in [0, 0.1) is 0 Å². The molecule has 0 N–H and O–H groups in total. The zero-order valence-corrected chi connectivity index (χ0v) is 32.1. The van der Waals surface area contributed by atoms with E-state index < -0.39 is 0 Å². The molecule has 0 fully saturated rings. The minimum Gasteiger partial charge on any atom is -0.248 e. The zero-order chi connectivity index (χ0) is 36.2. The first kappa shape index (κ1) is 37.3. The summed E-state index contributed by atoms with van der Waals surface area (Å²) in [5, 5.41) is 1.18. The van der Waals surface area contributed by atoms with Crippen molar-refractivity contribution in [2.45, 2.75) is 116 Å². The van der Waals surface area contributed by atoms with Crippen molar-refractivity contribution in [3.05, 3.63) is 145 Å². The van der Waals surface area contributed by atoms with Gasteiger partial charge in [-0.15, -0.1) is 0 Å². The standard InChI is InChI=1S/C51H59N/c1-5-9-11-13-15-23-34-51(35-24-16-14-12-10-6-2)47(25-7-3)43(8-4)44-32-30-42(37-48(44)51)50-38-45(40-28-21-18-22-29-40)46-36-41(31-33-49(46)52-50)39-26-19-17-20-27-39/h7-8,17-22,25-33,36-38H,4-6,9-16,23-24,34-35H2,1-3H3/b25-7-.